The second kappa shape index (κ2) is 4.16. The lowest BCUT2D eigenvalue weighted by Crippen LogP contribution is -2.43. The molecule has 0 heterocycles. The van der Waals surface area contributed by atoms with Gasteiger partial charge in [-0.3, -0.25) is 4.79 Å². The summed E-state index contributed by atoms with van der Waals surface area (Å²) in [5.74, 6) is 0.247. The molecule has 0 aromatic heterocycles. The van der Waals surface area contributed by atoms with Crippen molar-refractivity contribution in [1.82, 2.24) is 0 Å². The molecule has 1 amide bonds. The van der Waals surface area contributed by atoms with Gasteiger partial charge in [0.05, 0.1) is 0 Å². The summed E-state index contributed by atoms with van der Waals surface area (Å²) in [7, 11) is 0. The van der Waals surface area contributed by atoms with Gasteiger partial charge in [0.25, 0.3) is 5.91 Å². The first-order valence-electron chi connectivity index (χ1n) is 5.31. The van der Waals surface area contributed by atoms with Crippen molar-refractivity contribution in [3.8, 4) is 5.75 Å². The Morgan fingerprint density at radius 3 is 2.12 bits per heavy atom. The number of amides is 1. The van der Waals surface area contributed by atoms with Crippen molar-refractivity contribution >= 4 is 5.91 Å². The summed E-state index contributed by atoms with van der Waals surface area (Å²) in [6.07, 6.45) is 0. The van der Waals surface area contributed by atoms with E-state index in [1.807, 2.05) is 32.9 Å². The van der Waals surface area contributed by atoms with Crippen molar-refractivity contribution < 1.29 is 9.53 Å². The molecule has 0 aliphatic heterocycles. The Bertz CT molecular complexity index is 422. The Morgan fingerprint density at radius 1 is 1.12 bits per heavy atom. The van der Waals surface area contributed by atoms with Crippen LogP contribution in [0.25, 0.3) is 0 Å². The Kier molecular flexibility index (Phi) is 3.27. The summed E-state index contributed by atoms with van der Waals surface area (Å²) < 4.78 is 5.66. The van der Waals surface area contributed by atoms with E-state index in [1.165, 1.54) is 5.56 Å². The van der Waals surface area contributed by atoms with E-state index in [0.29, 0.717) is 5.75 Å². The first-order valence-corrected chi connectivity index (χ1v) is 5.31. The molecule has 0 saturated carbocycles. The Balaban J connectivity index is 3.07. The SMILES string of the molecule is Cc1cc(C)c(OC(C)(C)C(N)=O)cc1C. The zero-order chi connectivity index (χ0) is 12.5. The second-order valence-electron chi connectivity index (χ2n) is 4.68. The molecule has 0 atom stereocenters. The van der Waals surface area contributed by atoms with Crippen LogP contribution >= 0.6 is 0 Å². The Morgan fingerprint density at radius 2 is 1.62 bits per heavy atom. The molecule has 1 aromatic rings. The zero-order valence-electron chi connectivity index (χ0n) is 10.5. The lowest BCUT2D eigenvalue weighted by Gasteiger charge is -2.24. The van der Waals surface area contributed by atoms with Gasteiger partial charge in [0.15, 0.2) is 5.60 Å². The van der Waals surface area contributed by atoms with Crippen molar-refractivity contribution in [2.75, 3.05) is 0 Å². The van der Waals surface area contributed by atoms with Gasteiger partial charge in [-0.15, -0.1) is 0 Å². The minimum atomic E-state index is -0.980. The van der Waals surface area contributed by atoms with Gasteiger partial charge < -0.3 is 10.5 Å². The molecular formula is C13H19NO2. The molecule has 0 fully saturated rings. The molecule has 3 heteroatoms. The van der Waals surface area contributed by atoms with Crippen LogP contribution in [0.3, 0.4) is 0 Å². The lowest BCUT2D eigenvalue weighted by molar-refractivity contribution is -0.130. The fourth-order valence-electron chi connectivity index (χ4n) is 1.37. The summed E-state index contributed by atoms with van der Waals surface area (Å²) in [5, 5.41) is 0. The summed E-state index contributed by atoms with van der Waals surface area (Å²) in [5.41, 5.74) is 7.65. The van der Waals surface area contributed by atoms with Crippen molar-refractivity contribution in [3.63, 3.8) is 0 Å². The monoisotopic (exact) mass is 221 g/mol. The van der Waals surface area contributed by atoms with E-state index < -0.39 is 11.5 Å². The smallest absolute Gasteiger partial charge is 0.261 e. The number of primary amides is 1. The summed E-state index contributed by atoms with van der Waals surface area (Å²) in [6, 6.07) is 3.98. The average Bonchev–Trinajstić information content (AvgIpc) is 2.13. The minimum absolute atomic E-state index is 0.467. The van der Waals surface area contributed by atoms with Crippen LogP contribution in [0.4, 0.5) is 0 Å². The maximum atomic E-state index is 11.2. The lowest BCUT2D eigenvalue weighted by atomic mass is 10.0. The molecule has 1 aromatic carbocycles. The number of ether oxygens (including phenoxy) is 1. The second-order valence-corrected chi connectivity index (χ2v) is 4.68. The normalized spacial score (nSPS) is 11.3. The molecular weight excluding hydrogens is 202 g/mol. The fourth-order valence-corrected chi connectivity index (χ4v) is 1.37. The van der Waals surface area contributed by atoms with E-state index in [0.717, 1.165) is 11.1 Å². The highest BCUT2D eigenvalue weighted by molar-refractivity contribution is 5.82. The Hall–Kier alpha value is -1.51. The summed E-state index contributed by atoms with van der Waals surface area (Å²) >= 11 is 0. The first-order chi connectivity index (χ1) is 7.24. The van der Waals surface area contributed by atoms with Gasteiger partial charge in [-0.1, -0.05) is 6.07 Å². The topological polar surface area (TPSA) is 52.3 Å². The van der Waals surface area contributed by atoms with E-state index in [2.05, 4.69) is 0 Å². The molecule has 2 N–H and O–H groups in total. The third-order valence-electron chi connectivity index (χ3n) is 2.75. The molecule has 0 saturated heterocycles. The maximum absolute atomic E-state index is 11.2. The van der Waals surface area contributed by atoms with Gasteiger partial charge in [0.2, 0.25) is 0 Å². The number of benzene rings is 1. The molecule has 0 radical (unpaired) electrons. The predicted octanol–water partition coefficient (Wildman–Crippen LogP) is 2.25. The number of carbonyl (C=O) groups excluding carboxylic acids is 1. The van der Waals surface area contributed by atoms with E-state index in [4.69, 9.17) is 10.5 Å². The number of nitrogens with two attached hydrogens (primary N) is 1. The first kappa shape index (κ1) is 12.6. The predicted molar refractivity (Wildman–Crippen MR) is 64.6 cm³/mol. The van der Waals surface area contributed by atoms with Gasteiger partial charge in [0.1, 0.15) is 5.75 Å². The van der Waals surface area contributed by atoms with Gasteiger partial charge in [-0.05, 0) is 57.4 Å². The third-order valence-corrected chi connectivity index (χ3v) is 2.75. The number of rotatable bonds is 3. The molecule has 0 spiro atoms. The molecule has 0 unspecified atom stereocenters. The zero-order valence-corrected chi connectivity index (χ0v) is 10.5. The number of hydrogen-bond acceptors (Lipinski definition) is 2. The van der Waals surface area contributed by atoms with Crippen molar-refractivity contribution in [2.45, 2.75) is 40.2 Å². The van der Waals surface area contributed by atoms with Crippen LogP contribution in [0.2, 0.25) is 0 Å². The highest BCUT2D eigenvalue weighted by Crippen LogP contribution is 2.26. The van der Waals surface area contributed by atoms with Gasteiger partial charge in [-0.2, -0.15) is 0 Å². The highest BCUT2D eigenvalue weighted by Gasteiger charge is 2.27. The molecule has 3 nitrogen and oxygen atoms in total. The quantitative estimate of drug-likeness (QED) is 0.851. The third kappa shape index (κ3) is 2.54. The van der Waals surface area contributed by atoms with Crippen LogP contribution in [-0.4, -0.2) is 11.5 Å². The van der Waals surface area contributed by atoms with E-state index in [-0.39, 0.29) is 0 Å². The average molecular weight is 221 g/mol. The number of hydrogen-bond donors (Lipinski definition) is 1. The van der Waals surface area contributed by atoms with Crippen LogP contribution in [0.15, 0.2) is 12.1 Å². The summed E-state index contributed by atoms with van der Waals surface area (Å²) in [4.78, 5) is 11.2. The fraction of sp³-hybridized carbons (Fsp3) is 0.462. The molecule has 0 bridgehead atoms. The molecule has 88 valence electrons. The molecule has 16 heavy (non-hydrogen) atoms. The minimum Gasteiger partial charge on any atom is -0.478 e. The van der Waals surface area contributed by atoms with Crippen LogP contribution in [0.5, 0.6) is 5.75 Å². The van der Waals surface area contributed by atoms with E-state index in [9.17, 15) is 4.79 Å². The van der Waals surface area contributed by atoms with Gasteiger partial charge in [0, 0.05) is 0 Å². The van der Waals surface area contributed by atoms with Crippen molar-refractivity contribution in [3.05, 3.63) is 28.8 Å². The standard InChI is InChI=1S/C13H19NO2/c1-8-6-10(3)11(7-9(8)2)16-13(4,5)12(14)15/h6-7H,1-5H3,(H2,14,15). The highest BCUT2D eigenvalue weighted by atomic mass is 16.5. The van der Waals surface area contributed by atoms with Crippen LogP contribution in [0.1, 0.15) is 30.5 Å². The van der Waals surface area contributed by atoms with Crippen LogP contribution in [-0.2, 0) is 4.79 Å². The van der Waals surface area contributed by atoms with E-state index in [1.54, 1.807) is 13.8 Å². The largest absolute Gasteiger partial charge is 0.478 e. The number of aryl methyl sites for hydroxylation is 3. The van der Waals surface area contributed by atoms with Crippen molar-refractivity contribution in [2.24, 2.45) is 5.73 Å². The summed E-state index contributed by atoms with van der Waals surface area (Å²) in [6.45, 7) is 9.36. The van der Waals surface area contributed by atoms with Crippen LogP contribution < -0.4 is 10.5 Å². The van der Waals surface area contributed by atoms with Gasteiger partial charge in [-0.25, -0.2) is 0 Å². The van der Waals surface area contributed by atoms with Crippen molar-refractivity contribution in [1.29, 1.82) is 0 Å². The van der Waals surface area contributed by atoms with Gasteiger partial charge >= 0.3 is 0 Å². The number of carbonyl (C=O) groups is 1. The van der Waals surface area contributed by atoms with Crippen LogP contribution in [0, 0.1) is 20.8 Å². The molecule has 1 rings (SSSR count). The Labute approximate surface area is 96.6 Å². The molecule has 0 aliphatic rings. The molecule has 0 aliphatic carbocycles. The maximum Gasteiger partial charge on any atom is 0.261 e. The van der Waals surface area contributed by atoms with E-state index >= 15 is 0 Å².